The zero-order valence-corrected chi connectivity index (χ0v) is 25.2. The van der Waals surface area contributed by atoms with Gasteiger partial charge in [0.25, 0.3) is 0 Å². The predicted octanol–water partition coefficient (Wildman–Crippen LogP) is 5.01. The van der Waals surface area contributed by atoms with Crippen molar-refractivity contribution in [2.45, 2.75) is 26.1 Å². The highest BCUT2D eigenvalue weighted by molar-refractivity contribution is 5.96. The van der Waals surface area contributed by atoms with Gasteiger partial charge in [-0.1, -0.05) is 78.9 Å². The van der Waals surface area contributed by atoms with Crippen molar-refractivity contribution in [3.05, 3.63) is 119 Å². The van der Waals surface area contributed by atoms with E-state index in [-0.39, 0.29) is 18.4 Å². The molecule has 1 heterocycles. The van der Waals surface area contributed by atoms with Crippen LogP contribution in [0.15, 0.2) is 97.1 Å². The fourth-order valence-electron chi connectivity index (χ4n) is 5.47. The van der Waals surface area contributed by atoms with Crippen molar-refractivity contribution >= 4 is 23.2 Å². The van der Waals surface area contributed by atoms with E-state index < -0.39 is 0 Å². The lowest BCUT2D eigenvalue weighted by atomic mass is 10.0. The van der Waals surface area contributed by atoms with E-state index in [0.717, 1.165) is 57.8 Å². The largest absolute Gasteiger partial charge is 0.378 e. The van der Waals surface area contributed by atoms with Crippen molar-refractivity contribution in [2.24, 2.45) is 5.73 Å². The molecule has 1 aliphatic rings. The van der Waals surface area contributed by atoms with Gasteiger partial charge in [-0.15, -0.1) is 0 Å². The summed E-state index contributed by atoms with van der Waals surface area (Å²) in [6.07, 6.45) is 0.324. The van der Waals surface area contributed by atoms with Crippen molar-refractivity contribution in [1.29, 1.82) is 0 Å². The van der Waals surface area contributed by atoms with E-state index in [2.05, 4.69) is 40.5 Å². The molecule has 4 aromatic carbocycles. The van der Waals surface area contributed by atoms with Gasteiger partial charge in [-0.05, 0) is 51.6 Å². The van der Waals surface area contributed by atoms with Crippen LogP contribution in [0, 0.1) is 0 Å². The molecule has 1 aliphatic heterocycles. The van der Waals surface area contributed by atoms with Gasteiger partial charge in [0, 0.05) is 39.8 Å². The molecule has 0 spiro atoms. The summed E-state index contributed by atoms with van der Waals surface area (Å²) in [6, 6.07) is 32.3. The molecular formula is C36H40N4O4. The minimum absolute atomic E-state index is 0.0245. The average molecular weight is 593 g/mol. The van der Waals surface area contributed by atoms with Crippen LogP contribution < -0.4 is 16.0 Å². The Morgan fingerprint density at radius 1 is 0.818 bits per heavy atom. The number of anilines is 2. The van der Waals surface area contributed by atoms with Crippen LogP contribution in [0.3, 0.4) is 0 Å². The number of hydrogen-bond donors (Lipinski definition) is 2. The summed E-state index contributed by atoms with van der Waals surface area (Å²) >= 11 is 0. The van der Waals surface area contributed by atoms with Crippen LogP contribution in [0.1, 0.15) is 22.3 Å². The van der Waals surface area contributed by atoms with Gasteiger partial charge in [-0.3, -0.25) is 9.59 Å². The van der Waals surface area contributed by atoms with Gasteiger partial charge in [0.15, 0.2) is 0 Å². The van der Waals surface area contributed by atoms with E-state index >= 15 is 0 Å². The standard InChI is InChI=1S/C36H40N4O4/c1-43-26-35(41)38-33-22-32(13-14-34(33)39-15-17-44-18-16-39)31-12-6-11-30(20-31)25-40(24-29-10-5-9-28(19-29)23-37)36(42)21-27-7-3-2-4-8-27/h2-14,19-20,22H,15-18,21,23-26,37H2,1H3,(H,38,41). The number of morpholine rings is 1. The molecule has 3 N–H and O–H groups in total. The van der Waals surface area contributed by atoms with Gasteiger partial charge in [-0.25, -0.2) is 0 Å². The molecular weight excluding hydrogens is 552 g/mol. The SMILES string of the molecule is COCC(=O)Nc1cc(-c2cccc(CN(Cc3cccc(CN)c3)C(=O)Cc3ccccc3)c2)ccc1N1CCOCC1. The van der Waals surface area contributed by atoms with Crippen LogP contribution in [-0.4, -0.2) is 56.7 Å². The normalized spacial score (nSPS) is 13.0. The molecule has 228 valence electrons. The number of nitrogens with two attached hydrogens (primary N) is 1. The average Bonchev–Trinajstić information content (AvgIpc) is 3.05. The molecule has 0 aliphatic carbocycles. The molecule has 0 atom stereocenters. The van der Waals surface area contributed by atoms with E-state index in [1.165, 1.54) is 7.11 Å². The van der Waals surface area contributed by atoms with Crippen LogP contribution in [0.2, 0.25) is 0 Å². The fraction of sp³-hybridized carbons (Fsp3) is 0.278. The van der Waals surface area contributed by atoms with Crippen molar-refractivity contribution in [2.75, 3.05) is 50.2 Å². The van der Waals surface area contributed by atoms with Gasteiger partial charge in [0.1, 0.15) is 6.61 Å². The van der Waals surface area contributed by atoms with E-state index in [1.807, 2.05) is 71.6 Å². The Balaban J connectivity index is 1.42. The van der Waals surface area contributed by atoms with Gasteiger partial charge in [0.2, 0.25) is 11.8 Å². The summed E-state index contributed by atoms with van der Waals surface area (Å²) in [6.45, 7) is 4.15. The molecule has 2 amide bonds. The number of nitrogens with zero attached hydrogens (tertiary/aromatic N) is 2. The summed E-state index contributed by atoms with van der Waals surface area (Å²) in [5.74, 6) is -0.156. The first-order valence-electron chi connectivity index (χ1n) is 15.0. The van der Waals surface area contributed by atoms with Crippen LogP contribution in [-0.2, 0) is 45.1 Å². The molecule has 0 radical (unpaired) electrons. The molecule has 44 heavy (non-hydrogen) atoms. The number of carbonyl (C=O) groups excluding carboxylic acids is 2. The molecule has 8 heteroatoms. The molecule has 0 unspecified atom stereocenters. The summed E-state index contributed by atoms with van der Waals surface area (Å²) in [4.78, 5) is 30.3. The first kappa shape index (κ1) is 30.9. The minimum Gasteiger partial charge on any atom is -0.378 e. The number of ether oxygens (including phenoxy) is 2. The Kier molecular flexibility index (Phi) is 10.8. The quantitative estimate of drug-likeness (QED) is 0.240. The third-order valence-electron chi connectivity index (χ3n) is 7.68. The Morgan fingerprint density at radius 3 is 2.20 bits per heavy atom. The van der Waals surface area contributed by atoms with Gasteiger partial charge in [0.05, 0.1) is 31.0 Å². The highest BCUT2D eigenvalue weighted by Gasteiger charge is 2.19. The Bertz CT molecular complexity index is 1550. The third kappa shape index (κ3) is 8.32. The predicted molar refractivity (Wildman–Crippen MR) is 174 cm³/mol. The first-order valence-corrected chi connectivity index (χ1v) is 15.0. The molecule has 8 nitrogen and oxygen atoms in total. The van der Waals surface area contributed by atoms with E-state index in [1.54, 1.807) is 0 Å². The highest BCUT2D eigenvalue weighted by atomic mass is 16.5. The summed E-state index contributed by atoms with van der Waals surface area (Å²) in [7, 11) is 1.51. The Labute approximate surface area is 259 Å². The molecule has 0 bridgehead atoms. The summed E-state index contributed by atoms with van der Waals surface area (Å²) < 4.78 is 10.6. The fourth-order valence-corrected chi connectivity index (χ4v) is 5.47. The zero-order valence-electron chi connectivity index (χ0n) is 25.2. The van der Waals surface area contributed by atoms with E-state index in [9.17, 15) is 9.59 Å². The number of methoxy groups -OCH3 is 1. The summed E-state index contributed by atoms with van der Waals surface area (Å²) in [5, 5.41) is 3.03. The van der Waals surface area contributed by atoms with Gasteiger partial charge >= 0.3 is 0 Å². The maximum Gasteiger partial charge on any atom is 0.250 e. The summed E-state index contributed by atoms with van der Waals surface area (Å²) in [5.41, 5.74) is 13.6. The van der Waals surface area contributed by atoms with Gasteiger partial charge in [-0.2, -0.15) is 0 Å². The first-order chi connectivity index (χ1) is 21.5. The molecule has 0 saturated carbocycles. The number of hydrogen-bond acceptors (Lipinski definition) is 6. The van der Waals surface area contributed by atoms with Crippen LogP contribution >= 0.6 is 0 Å². The maximum absolute atomic E-state index is 13.7. The van der Waals surface area contributed by atoms with Crippen molar-refractivity contribution in [3.8, 4) is 11.1 Å². The second-order valence-electron chi connectivity index (χ2n) is 10.9. The van der Waals surface area contributed by atoms with Gasteiger partial charge < -0.3 is 30.3 Å². The lowest BCUT2D eigenvalue weighted by Gasteiger charge is -2.31. The minimum atomic E-state index is -0.209. The molecule has 0 aromatic heterocycles. The Hall–Kier alpha value is -4.50. The van der Waals surface area contributed by atoms with Crippen LogP contribution in [0.4, 0.5) is 11.4 Å². The molecule has 4 aromatic rings. The molecule has 1 saturated heterocycles. The molecule has 5 rings (SSSR count). The number of benzene rings is 4. The second-order valence-corrected chi connectivity index (χ2v) is 10.9. The maximum atomic E-state index is 13.7. The second kappa shape index (κ2) is 15.3. The van der Waals surface area contributed by atoms with E-state index in [0.29, 0.717) is 39.3 Å². The monoisotopic (exact) mass is 592 g/mol. The lowest BCUT2D eigenvalue weighted by Crippen LogP contribution is -2.36. The third-order valence-corrected chi connectivity index (χ3v) is 7.68. The smallest absolute Gasteiger partial charge is 0.250 e. The van der Waals surface area contributed by atoms with Crippen molar-refractivity contribution in [1.82, 2.24) is 4.90 Å². The Morgan fingerprint density at radius 2 is 1.48 bits per heavy atom. The number of rotatable bonds is 12. The van der Waals surface area contributed by atoms with Crippen LogP contribution in [0.5, 0.6) is 0 Å². The van der Waals surface area contributed by atoms with E-state index in [4.69, 9.17) is 15.2 Å². The number of nitrogens with one attached hydrogen (secondary N) is 1. The number of carbonyl (C=O) groups is 2. The molecule has 1 fully saturated rings. The van der Waals surface area contributed by atoms with Crippen LogP contribution in [0.25, 0.3) is 11.1 Å². The highest BCUT2D eigenvalue weighted by Crippen LogP contribution is 2.33. The topological polar surface area (TPSA) is 97.1 Å². The lowest BCUT2D eigenvalue weighted by molar-refractivity contribution is -0.131. The van der Waals surface area contributed by atoms with Crippen molar-refractivity contribution in [3.63, 3.8) is 0 Å². The van der Waals surface area contributed by atoms with Crippen molar-refractivity contribution < 1.29 is 19.1 Å². The number of amides is 2. The zero-order chi connectivity index (χ0) is 30.7.